The number of anilines is 1. The second-order valence-corrected chi connectivity index (χ2v) is 14.2. The predicted molar refractivity (Wildman–Crippen MR) is 146 cm³/mol. The van der Waals surface area contributed by atoms with Crippen molar-refractivity contribution in [2.75, 3.05) is 25.8 Å². The first-order valence-corrected chi connectivity index (χ1v) is 17.2. The van der Waals surface area contributed by atoms with E-state index in [1.54, 1.807) is 0 Å². The zero-order valence-electron chi connectivity index (χ0n) is 23.5. The lowest BCUT2D eigenvalue weighted by molar-refractivity contribution is -0.0548. The molecule has 2 saturated heterocycles. The molecule has 0 radical (unpaired) electrons. The van der Waals surface area contributed by atoms with Gasteiger partial charge in [0.2, 0.25) is 0 Å². The largest absolute Gasteiger partial charge is 0.490 e. The molecule has 2 fully saturated rings. The van der Waals surface area contributed by atoms with Crippen LogP contribution in [-0.4, -0.2) is 111 Å². The van der Waals surface area contributed by atoms with Gasteiger partial charge in [-0.15, -0.1) is 0 Å². The minimum absolute atomic E-state index is 0.00828. The van der Waals surface area contributed by atoms with Gasteiger partial charge in [0.05, 0.1) is 20.3 Å². The summed E-state index contributed by atoms with van der Waals surface area (Å²) in [7, 11) is -16.1. The SMILES string of the molecule is CONc1ccn([C@@H]2O[C@H](COP(=O)(O)OP(=O)(O)OP(=O)(O)OC[C@H]3O[C@@H](n4ccc(=O)[nH]c4=O)[C@H](O)[C@@H]3O)[C@@H](O)[C@H]2O)c(=O)n1. The number of nitrogens with one attached hydrogen (secondary N) is 2. The molecular weight excluding hydrogens is 711 g/mol. The highest BCUT2D eigenvalue weighted by Gasteiger charge is 2.49. The fourth-order valence-electron chi connectivity index (χ4n) is 4.25. The molecule has 9 N–H and O–H groups in total. The summed E-state index contributed by atoms with van der Waals surface area (Å²) in [5, 5.41) is 41.0. The van der Waals surface area contributed by atoms with E-state index in [-0.39, 0.29) is 5.82 Å². The summed E-state index contributed by atoms with van der Waals surface area (Å²) in [5.41, 5.74) is -0.497. The number of aliphatic hydroxyl groups is 4. The molecule has 0 aliphatic carbocycles. The van der Waals surface area contributed by atoms with Gasteiger partial charge in [0, 0.05) is 18.5 Å². The van der Waals surface area contributed by atoms with E-state index >= 15 is 0 Å². The van der Waals surface area contributed by atoms with Crippen molar-refractivity contribution in [2.24, 2.45) is 0 Å². The third-order valence-electron chi connectivity index (χ3n) is 6.33. The molecule has 0 bridgehead atoms. The van der Waals surface area contributed by atoms with Crippen LogP contribution in [0.1, 0.15) is 12.5 Å². The topological polar surface area (TPSA) is 359 Å². The zero-order valence-corrected chi connectivity index (χ0v) is 26.1. The lowest BCUT2D eigenvalue weighted by atomic mass is 10.1. The molecule has 25 nitrogen and oxygen atoms in total. The Morgan fingerprint density at radius 3 is 1.77 bits per heavy atom. The van der Waals surface area contributed by atoms with Gasteiger partial charge in [-0.2, -0.15) is 13.6 Å². The normalized spacial score (nSPS) is 31.6. The Hall–Kier alpha value is -2.51. The molecule has 2 aliphatic rings. The number of hydrogen-bond donors (Lipinski definition) is 9. The number of rotatable bonds is 14. The van der Waals surface area contributed by atoms with Crippen molar-refractivity contribution in [1.82, 2.24) is 19.1 Å². The summed E-state index contributed by atoms with van der Waals surface area (Å²) in [5.74, 6) is -0.00828. The van der Waals surface area contributed by atoms with Crippen molar-refractivity contribution in [3.63, 3.8) is 0 Å². The molecule has 0 saturated carbocycles. The average Bonchev–Trinajstić information content (AvgIpc) is 3.39. The van der Waals surface area contributed by atoms with Gasteiger partial charge in [-0.1, -0.05) is 0 Å². The molecule has 11 atom stereocenters. The highest BCUT2D eigenvalue weighted by atomic mass is 31.3. The van der Waals surface area contributed by atoms with Crippen molar-refractivity contribution < 1.29 is 80.8 Å². The Morgan fingerprint density at radius 1 is 0.809 bits per heavy atom. The van der Waals surface area contributed by atoms with Gasteiger partial charge >= 0.3 is 34.8 Å². The number of aromatic amines is 1. The maximum atomic E-state index is 12.3. The van der Waals surface area contributed by atoms with Crippen molar-refractivity contribution >= 4 is 29.3 Å². The Labute approximate surface area is 260 Å². The molecule has 47 heavy (non-hydrogen) atoms. The number of nitrogens with zero attached hydrogens (tertiary/aromatic N) is 3. The van der Waals surface area contributed by atoms with E-state index in [1.807, 2.05) is 4.98 Å². The second kappa shape index (κ2) is 14.5. The number of H-pyrrole nitrogens is 1. The van der Waals surface area contributed by atoms with Gasteiger partial charge in [0.25, 0.3) is 5.56 Å². The third kappa shape index (κ3) is 9.14. The smallest absolute Gasteiger partial charge is 0.387 e. The zero-order chi connectivity index (χ0) is 34.9. The van der Waals surface area contributed by atoms with Crippen LogP contribution in [0, 0.1) is 0 Å². The fraction of sp³-hybridized carbons (Fsp3) is 0.579. The van der Waals surface area contributed by atoms with E-state index in [0.29, 0.717) is 4.57 Å². The van der Waals surface area contributed by atoms with Crippen LogP contribution >= 0.6 is 23.5 Å². The summed E-state index contributed by atoms with van der Waals surface area (Å²) in [6.07, 6.45) is -11.8. The highest BCUT2D eigenvalue weighted by Crippen LogP contribution is 2.67. The van der Waals surface area contributed by atoms with Gasteiger partial charge in [0.15, 0.2) is 18.3 Å². The minimum atomic E-state index is -5.99. The molecule has 4 rings (SSSR count). The molecule has 28 heteroatoms. The predicted octanol–water partition coefficient (Wildman–Crippen LogP) is -3.63. The Kier molecular flexibility index (Phi) is 11.5. The molecule has 0 amide bonds. The van der Waals surface area contributed by atoms with Crippen LogP contribution in [0.5, 0.6) is 0 Å². The Balaban J connectivity index is 1.31. The first-order valence-electron chi connectivity index (χ1n) is 12.8. The van der Waals surface area contributed by atoms with Gasteiger partial charge < -0.3 is 44.6 Å². The summed E-state index contributed by atoms with van der Waals surface area (Å²) in [4.78, 5) is 75.1. The van der Waals surface area contributed by atoms with Gasteiger partial charge in [-0.05, 0) is 6.07 Å². The molecular formula is C19H28N5O20P3. The van der Waals surface area contributed by atoms with Crippen molar-refractivity contribution in [1.29, 1.82) is 0 Å². The van der Waals surface area contributed by atoms with Crippen LogP contribution in [-0.2, 0) is 45.7 Å². The Bertz CT molecular complexity index is 1750. The van der Waals surface area contributed by atoms with Gasteiger partial charge in [0.1, 0.15) is 36.6 Å². The van der Waals surface area contributed by atoms with Gasteiger partial charge in [-0.25, -0.2) is 28.8 Å². The average molecular weight is 739 g/mol. The van der Waals surface area contributed by atoms with Crippen molar-refractivity contribution in [3.05, 3.63) is 55.8 Å². The van der Waals surface area contributed by atoms with E-state index < -0.39 is 103 Å². The van der Waals surface area contributed by atoms with Crippen molar-refractivity contribution in [2.45, 2.75) is 49.1 Å². The summed E-state index contributed by atoms with van der Waals surface area (Å²) in [6, 6.07) is 2.15. The lowest BCUT2D eigenvalue weighted by Crippen LogP contribution is -2.37. The number of hydrogen-bond acceptors (Lipinski definition) is 19. The number of aromatic nitrogens is 4. The minimum Gasteiger partial charge on any atom is -0.387 e. The molecule has 4 heterocycles. The number of aliphatic hydroxyl groups excluding tert-OH is 4. The quantitative estimate of drug-likeness (QED) is 0.0666. The van der Waals surface area contributed by atoms with Crippen LogP contribution in [0.3, 0.4) is 0 Å². The molecule has 2 aromatic rings. The monoisotopic (exact) mass is 739 g/mol. The third-order valence-corrected chi connectivity index (χ3v) is 10.6. The van der Waals surface area contributed by atoms with E-state index in [4.69, 9.17) is 9.47 Å². The Morgan fingerprint density at radius 2 is 1.30 bits per heavy atom. The number of phosphoric acid groups is 3. The molecule has 2 aliphatic heterocycles. The number of ether oxygens (including phenoxy) is 2. The lowest BCUT2D eigenvalue weighted by Gasteiger charge is -2.21. The van der Waals surface area contributed by atoms with E-state index in [9.17, 15) is 63.2 Å². The molecule has 2 aromatic heterocycles. The first kappa shape index (κ1) is 37.3. The van der Waals surface area contributed by atoms with Gasteiger partial charge in [-0.3, -0.25) is 32.8 Å². The summed E-state index contributed by atoms with van der Waals surface area (Å²) in [6.45, 7) is -2.24. The van der Waals surface area contributed by atoms with Crippen LogP contribution < -0.4 is 22.4 Å². The molecule has 0 aromatic carbocycles. The standard InChI is InChI=1S/C19H28N5O20P3/c1-38-22-10-2-4-23(18(30)20-10)16-14(28)12(26)8(41-16)6-39-45(32,33)43-47(36,37)44-46(34,35)40-7-9-13(27)15(29)17(42-9)24-5-3-11(25)21-19(24)31/h2-5,8-9,12-17,26-29H,6-7H2,1H3,(H,32,33)(H,34,35)(H,36,37)(H,20,22,30)(H,21,25,31)/t8-,9-,12-,13-,14-,15-,16-,17-/m1/s1. The van der Waals surface area contributed by atoms with Crippen LogP contribution in [0.4, 0.5) is 5.82 Å². The fourth-order valence-corrected chi connectivity index (χ4v) is 7.77. The molecule has 3 unspecified atom stereocenters. The maximum absolute atomic E-state index is 12.3. The maximum Gasteiger partial charge on any atom is 0.490 e. The van der Waals surface area contributed by atoms with E-state index in [2.05, 4.69) is 33.0 Å². The van der Waals surface area contributed by atoms with Crippen LogP contribution in [0.25, 0.3) is 0 Å². The van der Waals surface area contributed by atoms with E-state index in [1.165, 1.54) is 13.2 Å². The van der Waals surface area contributed by atoms with Crippen LogP contribution in [0.15, 0.2) is 38.9 Å². The summed E-state index contributed by atoms with van der Waals surface area (Å²) >= 11 is 0. The first-order chi connectivity index (χ1) is 21.8. The number of phosphoric ester groups is 2. The van der Waals surface area contributed by atoms with Crippen molar-refractivity contribution in [3.8, 4) is 0 Å². The molecule has 0 spiro atoms. The second-order valence-electron chi connectivity index (χ2n) is 9.58. The van der Waals surface area contributed by atoms with Crippen LogP contribution in [0.2, 0.25) is 0 Å². The van der Waals surface area contributed by atoms with E-state index in [0.717, 1.165) is 23.0 Å². The molecule has 264 valence electrons. The summed E-state index contributed by atoms with van der Waals surface area (Å²) < 4.78 is 65.7. The highest BCUT2D eigenvalue weighted by molar-refractivity contribution is 7.66.